The molecule has 0 amide bonds. The van der Waals surface area contributed by atoms with Crippen molar-refractivity contribution in [3.8, 4) is 0 Å². The molecule has 2 aliphatic heterocycles. The number of ether oxygens (including phenoxy) is 1. The largest absolute Gasteiger partial charge is 0.375 e. The van der Waals surface area contributed by atoms with Crippen molar-refractivity contribution in [3.05, 3.63) is 29.8 Å². The zero-order valence-corrected chi connectivity index (χ0v) is 11.3. The van der Waals surface area contributed by atoms with Crippen molar-refractivity contribution in [2.24, 2.45) is 5.92 Å². The van der Waals surface area contributed by atoms with Gasteiger partial charge in [0.05, 0.1) is 18.4 Å². The molecule has 19 heavy (non-hydrogen) atoms. The topological polar surface area (TPSA) is 34.2 Å². The number of fused-ring (bicyclic) bond motifs is 2. The van der Waals surface area contributed by atoms with Gasteiger partial charge in [0.15, 0.2) is 0 Å². The van der Waals surface area contributed by atoms with Crippen LogP contribution in [0.4, 0.5) is 4.39 Å². The highest BCUT2D eigenvalue weighted by atomic mass is 19.1. The standard InChI is InChI=1S/C15H21FN2O/c1-2-6-18-15(11-5-7-17-9-13(11)16)12-8-10-3-4-14(12)19-10/h5,7,9-10,12,14-15,18H,2-4,6,8H2,1H3. The van der Waals surface area contributed by atoms with E-state index >= 15 is 0 Å². The summed E-state index contributed by atoms with van der Waals surface area (Å²) in [5.41, 5.74) is 0.740. The molecule has 4 heteroatoms. The molecule has 2 aliphatic rings. The molecule has 1 N–H and O–H groups in total. The third-order valence-electron chi connectivity index (χ3n) is 4.33. The summed E-state index contributed by atoms with van der Waals surface area (Å²) in [6.45, 7) is 3.03. The molecule has 0 spiro atoms. The fourth-order valence-electron chi connectivity index (χ4n) is 3.46. The van der Waals surface area contributed by atoms with Crippen molar-refractivity contribution < 1.29 is 9.13 Å². The molecule has 2 saturated heterocycles. The highest BCUT2D eigenvalue weighted by molar-refractivity contribution is 5.20. The summed E-state index contributed by atoms with van der Waals surface area (Å²) >= 11 is 0. The molecule has 1 aromatic heterocycles. The van der Waals surface area contributed by atoms with Crippen LogP contribution in [0.1, 0.15) is 44.2 Å². The Balaban J connectivity index is 1.83. The maximum absolute atomic E-state index is 14.0. The van der Waals surface area contributed by atoms with Crippen LogP contribution >= 0.6 is 0 Å². The smallest absolute Gasteiger partial charge is 0.146 e. The molecule has 0 aliphatic carbocycles. The van der Waals surface area contributed by atoms with Crippen LogP contribution in [0, 0.1) is 11.7 Å². The average Bonchev–Trinajstić information content (AvgIpc) is 3.04. The molecule has 3 heterocycles. The van der Waals surface area contributed by atoms with Gasteiger partial charge in [0.1, 0.15) is 5.82 Å². The second-order valence-electron chi connectivity index (χ2n) is 5.60. The van der Waals surface area contributed by atoms with Crippen LogP contribution in [0.5, 0.6) is 0 Å². The maximum atomic E-state index is 14.0. The van der Waals surface area contributed by atoms with Gasteiger partial charge in [0.25, 0.3) is 0 Å². The van der Waals surface area contributed by atoms with E-state index in [4.69, 9.17) is 4.74 Å². The molecule has 0 radical (unpaired) electrons. The molecule has 0 aromatic carbocycles. The number of nitrogens with zero attached hydrogens (tertiary/aromatic N) is 1. The monoisotopic (exact) mass is 264 g/mol. The van der Waals surface area contributed by atoms with E-state index < -0.39 is 0 Å². The van der Waals surface area contributed by atoms with Crippen molar-refractivity contribution in [1.29, 1.82) is 0 Å². The quantitative estimate of drug-likeness (QED) is 0.888. The summed E-state index contributed by atoms with van der Waals surface area (Å²) in [6, 6.07) is 1.85. The van der Waals surface area contributed by atoms with Crippen molar-refractivity contribution in [3.63, 3.8) is 0 Å². The van der Waals surface area contributed by atoms with Crippen molar-refractivity contribution in [2.75, 3.05) is 6.54 Å². The molecule has 4 unspecified atom stereocenters. The highest BCUT2D eigenvalue weighted by Gasteiger charge is 2.45. The second-order valence-corrected chi connectivity index (χ2v) is 5.60. The number of nitrogens with one attached hydrogen (secondary N) is 1. The zero-order chi connectivity index (χ0) is 13.2. The number of hydrogen-bond acceptors (Lipinski definition) is 3. The molecular weight excluding hydrogens is 243 g/mol. The molecule has 104 valence electrons. The van der Waals surface area contributed by atoms with Gasteiger partial charge in [0.2, 0.25) is 0 Å². The SMILES string of the molecule is CCCNC(c1ccncc1F)C1CC2CCC1O2. The normalized spacial score (nSPS) is 30.7. The Morgan fingerprint density at radius 1 is 1.53 bits per heavy atom. The van der Waals surface area contributed by atoms with Crippen LogP contribution in [0.25, 0.3) is 0 Å². The second kappa shape index (κ2) is 5.55. The molecule has 2 fully saturated rings. The van der Waals surface area contributed by atoms with Crippen LogP contribution in [-0.2, 0) is 4.74 Å². The fourth-order valence-corrected chi connectivity index (χ4v) is 3.46. The molecular formula is C15H21FN2O. The van der Waals surface area contributed by atoms with Gasteiger partial charge in [-0.05, 0) is 38.3 Å². The Morgan fingerprint density at radius 3 is 3.05 bits per heavy atom. The van der Waals surface area contributed by atoms with Crippen molar-refractivity contribution >= 4 is 0 Å². The van der Waals surface area contributed by atoms with Crippen LogP contribution in [0.3, 0.4) is 0 Å². The first kappa shape index (κ1) is 13.0. The van der Waals surface area contributed by atoms with Gasteiger partial charge in [-0.15, -0.1) is 0 Å². The van der Waals surface area contributed by atoms with E-state index in [-0.39, 0.29) is 11.9 Å². The third kappa shape index (κ3) is 2.51. The zero-order valence-electron chi connectivity index (χ0n) is 11.3. The number of pyridine rings is 1. The lowest BCUT2D eigenvalue weighted by atomic mass is 9.81. The van der Waals surface area contributed by atoms with Gasteiger partial charge in [-0.2, -0.15) is 0 Å². The summed E-state index contributed by atoms with van der Waals surface area (Å²) in [6.07, 6.45) is 8.06. The van der Waals surface area contributed by atoms with Crippen LogP contribution < -0.4 is 5.32 Å². The molecule has 3 nitrogen and oxygen atoms in total. The Morgan fingerprint density at radius 2 is 2.42 bits per heavy atom. The van der Waals surface area contributed by atoms with Gasteiger partial charge < -0.3 is 10.1 Å². The predicted octanol–water partition coefficient (Wildman–Crippen LogP) is 2.83. The minimum absolute atomic E-state index is 0.0539. The third-order valence-corrected chi connectivity index (χ3v) is 4.33. The summed E-state index contributed by atoms with van der Waals surface area (Å²) < 4.78 is 19.9. The Labute approximate surface area is 113 Å². The molecule has 1 aromatic rings. The first-order valence-electron chi connectivity index (χ1n) is 7.28. The number of hydrogen-bond donors (Lipinski definition) is 1. The van der Waals surface area contributed by atoms with Gasteiger partial charge in [0, 0.05) is 23.7 Å². The van der Waals surface area contributed by atoms with E-state index in [1.165, 1.54) is 12.6 Å². The Bertz CT molecular complexity index is 440. The van der Waals surface area contributed by atoms with E-state index in [9.17, 15) is 4.39 Å². The first-order chi connectivity index (χ1) is 9.29. The van der Waals surface area contributed by atoms with E-state index in [1.54, 1.807) is 12.3 Å². The van der Waals surface area contributed by atoms with Crippen molar-refractivity contribution in [1.82, 2.24) is 10.3 Å². The maximum Gasteiger partial charge on any atom is 0.146 e. The summed E-state index contributed by atoms with van der Waals surface area (Å²) in [4.78, 5) is 3.85. The molecule has 2 bridgehead atoms. The molecule has 0 saturated carbocycles. The van der Waals surface area contributed by atoms with Gasteiger partial charge >= 0.3 is 0 Å². The van der Waals surface area contributed by atoms with E-state index in [0.717, 1.165) is 31.4 Å². The minimum Gasteiger partial charge on any atom is -0.375 e. The van der Waals surface area contributed by atoms with E-state index in [1.807, 2.05) is 0 Å². The lowest BCUT2D eigenvalue weighted by Gasteiger charge is -2.30. The molecule has 3 rings (SSSR count). The van der Waals surface area contributed by atoms with Gasteiger partial charge in [-0.3, -0.25) is 4.98 Å². The van der Waals surface area contributed by atoms with Gasteiger partial charge in [-0.1, -0.05) is 6.92 Å². The lowest BCUT2D eigenvalue weighted by Crippen LogP contribution is -2.34. The fraction of sp³-hybridized carbons (Fsp3) is 0.667. The number of aromatic nitrogens is 1. The summed E-state index contributed by atoms with van der Waals surface area (Å²) in [5, 5.41) is 3.51. The van der Waals surface area contributed by atoms with Gasteiger partial charge in [-0.25, -0.2) is 4.39 Å². The van der Waals surface area contributed by atoms with Crippen LogP contribution in [-0.4, -0.2) is 23.7 Å². The van der Waals surface area contributed by atoms with Crippen molar-refractivity contribution in [2.45, 2.75) is 50.9 Å². The van der Waals surface area contributed by atoms with Crippen LogP contribution in [0.2, 0.25) is 0 Å². The first-order valence-corrected chi connectivity index (χ1v) is 7.28. The van der Waals surface area contributed by atoms with E-state index in [2.05, 4.69) is 17.2 Å². The van der Waals surface area contributed by atoms with Crippen LogP contribution in [0.15, 0.2) is 18.5 Å². The predicted molar refractivity (Wildman–Crippen MR) is 71.2 cm³/mol. The average molecular weight is 264 g/mol. The lowest BCUT2D eigenvalue weighted by molar-refractivity contribution is 0.0854. The Hall–Kier alpha value is -1.00. The number of halogens is 1. The summed E-state index contributed by atoms with van der Waals surface area (Å²) in [7, 11) is 0. The Kier molecular flexibility index (Phi) is 3.80. The highest BCUT2D eigenvalue weighted by Crippen LogP contribution is 2.44. The summed E-state index contributed by atoms with van der Waals surface area (Å²) in [5.74, 6) is 0.182. The molecule has 4 atom stereocenters. The minimum atomic E-state index is -0.209. The number of rotatable bonds is 5. The van der Waals surface area contributed by atoms with E-state index in [0.29, 0.717) is 18.1 Å².